The number of nitrogens with one attached hydrogen (secondary N) is 2. The third-order valence-corrected chi connectivity index (χ3v) is 6.65. The van der Waals surface area contributed by atoms with Gasteiger partial charge in [0.05, 0.1) is 11.6 Å². The summed E-state index contributed by atoms with van der Waals surface area (Å²) in [5.41, 5.74) is 11.0. The monoisotopic (exact) mass is 568 g/mol. The molecule has 1 aromatic rings. The number of Topliss-reactive ketones (excluding diaryl/α,β-unsaturated/α-hetero) is 1. The molecule has 1 aliphatic rings. The molecule has 1 fully saturated rings. The highest BCUT2D eigenvalue weighted by Gasteiger charge is 2.39. The van der Waals surface area contributed by atoms with Crippen molar-refractivity contribution in [2.75, 3.05) is 19.8 Å². The first-order chi connectivity index (χ1) is 17.1. The number of likely N-dealkylation sites (tertiary alicyclic amines) is 1. The van der Waals surface area contributed by atoms with E-state index in [1.165, 1.54) is 4.90 Å². The molecule has 0 aliphatic carbocycles. The van der Waals surface area contributed by atoms with E-state index in [1.807, 2.05) is 0 Å². The van der Waals surface area contributed by atoms with Gasteiger partial charge in [0.2, 0.25) is 11.8 Å². The molecule has 2 rings (SSSR count). The molecule has 1 heterocycles. The number of hydrogen-bond acceptors (Lipinski definition) is 5. The Labute approximate surface area is 218 Å². The lowest BCUT2D eigenvalue weighted by atomic mass is 10.0. The normalized spacial score (nSPS) is 16.8. The van der Waals surface area contributed by atoms with E-state index in [0.29, 0.717) is 35.8 Å². The Hall–Kier alpha value is -3.02. The number of halogens is 2. The summed E-state index contributed by atoms with van der Waals surface area (Å²) in [6, 6.07) is 4.13. The third kappa shape index (κ3) is 8.00. The van der Waals surface area contributed by atoms with Crippen LogP contribution in [0, 0.1) is 5.92 Å². The van der Waals surface area contributed by atoms with Crippen LogP contribution < -0.4 is 22.1 Å². The van der Waals surface area contributed by atoms with Gasteiger partial charge in [0.1, 0.15) is 18.8 Å². The Bertz CT molecular complexity index is 985. The number of alkyl halides is 1. The first kappa shape index (κ1) is 29.2. The Kier molecular flexibility index (Phi) is 11.3. The second kappa shape index (κ2) is 13.9. The SMILES string of the molecule is CC(C)[C@H](NC(=O)c1ccccc1Br)C(=O)N1CCC[C@H]1C(=O)N[C@@H](CCCN=C(N)N)C(=O)CF. The molecule has 1 saturated heterocycles. The van der Waals surface area contributed by atoms with Crippen molar-refractivity contribution in [2.24, 2.45) is 22.4 Å². The van der Waals surface area contributed by atoms with Gasteiger partial charge in [-0.2, -0.15) is 0 Å². The number of ketones is 1. The van der Waals surface area contributed by atoms with Gasteiger partial charge in [0, 0.05) is 17.6 Å². The van der Waals surface area contributed by atoms with Crippen LogP contribution in [-0.4, -0.2) is 72.3 Å². The highest BCUT2D eigenvalue weighted by atomic mass is 79.9. The maximum atomic E-state index is 13.5. The summed E-state index contributed by atoms with van der Waals surface area (Å²) >= 11 is 3.34. The lowest BCUT2D eigenvalue weighted by Crippen LogP contribution is -2.56. The van der Waals surface area contributed by atoms with Crippen molar-refractivity contribution in [3.8, 4) is 0 Å². The molecule has 198 valence electrons. The number of carbonyl (C=O) groups excluding carboxylic acids is 4. The van der Waals surface area contributed by atoms with Crippen molar-refractivity contribution in [3.05, 3.63) is 34.3 Å². The van der Waals surface area contributed by atoms with Crippen LogP contribution >= 0.6 is 15.9 Å². The number of amides is 3. The molecule has 0 aromatic heterocycles. The van der Waals surface area contributed by atoms with Crippen LogP contribution in [0.25, 0.3) is 0 Å². The summed E-state index contributed by atoms with van der Waals surface area (Å²) < 4.78 is 13.7. The second-order valence-electron chi connectivity index (χ2n) is 8.97. The van der Waals surface area contributed by atoms with E-state index < -0.39 is 42.4 Å². The smallest absolute Gasteiger partial charge is 0.253 e. The van der Waals surface area contributed by atoms with Crippen molar-refractivity contribution in [3.63, 3.8) is 0 Å². The minimum absolute atomic E-state index is 0.0982. The van der Waals surface area contributed by atoms with Gasteiger partial charge in [-0.3, -0.25) is 24.2 Å². The van der Waals surface area contributed by atoms with E-state index in [0.717, 1.165) is 0 Å². The van der Waals surface area contributed by atoms with Crippen LogP contribution in [0.2, 0.25) is 0 Å². The van der Waals surface area contributed by atoms with Crippen molar-refractivity contribution in [1.29, 1.82) is 0 Å². The number of aliphatic imine (C=N–C) groups is 1. The number of benzene rings is 1. The fourth-order valence-electron chi connectivity index (χ4n) is 4.04. The molecule has 0 spiro atoms. The molecule has 10 nitrogen and oxygen atoms in total. The van der Waals surface area contributed by atoms with E-state index in [-0.39, 0.29) is 30.8 Å². The maximum absolute atomic E-state index is 13.5. The van der Waals surface area contributed by atoms with Crippen molar-refractivity contribution < 1.29 is 23.6 Å². The Morgan fingerprint density at radius 1 is 1.19 bits per heavy atom. The van der Waals surface area contributed by atoms with E-state index in [9.17, 15) is 23.6 Å². The van der Waals surface area contributed by atoms with Gasteiger partial charge < -0.3 is 27.0 Å². The number of nitrogens with two attached hydrogens (primary N) is 2. The molecule has 6 N–H and O–H groups in total. The zero-order chi connectivity index (χ0) is 26.8. The number of guanidine groups is 1. The minimum atomic E-state index is -1.23. The van der Waals surface area contributed by atoms with Gasteiger partial charge in [-0.1, -0.05) is 26.0 Å². The molecular weight excluding hydrogens is 535 g/mol. The van der Waals surface area contributed by atoms with Crippen molar-refractivity contribution in [1.82, 2.24) is 15.5 Å². The first-order valence-electron chi connectivity index (χ1n) is 11.9. The Balaban J connectivity index is 2.11. The Morgan fingerprint density at radius 3 is 2.50 bits per heavy atom. The quantitative estimate of drug-likeness (QED) is 0.169. The first-order valence-corrected chi connectivity index (χ1v) is 12.7. The molecule has 0 radical (unpaired) electrons. The van der Waals surface area contributed by atoms with E-state index >= 15 is 0 Å². The van der Waals surface area contributed by atoms with Crippen LogP contribution in [0.4, 0.5) is 4.39 Å². The summed E-state index contributed by atoms with van der Waals surface area (Å²) in [6.45, 7) is 2.95. The number of hydrogen-bond donors (Lipinski definition) is 4. The second-order valence-corrected chi connectivity index (χ2v) is 9.83. The number of nitrogens with zero attached hydrogens (tertiary/aromatic N) is 2. The zero-order valence-electron chi connectivity index (χ0n) is 20.5. The summed E-state index contributed by atoms with van der Waals surface area (Å²) in [5, 5.41) is 5.39. The molecule has 0 bridgehead atoms. The van der Waals surface area contributed by atoms with Crippen LogP contribution in [0.15, 0.2) is 33.7 Å². The van der Waals surface area contributed by atoms with Gasteiger partial charge in [-0.15, -0.1) is 0 Å². The predicted molar refractivity (Wildman–Crippen MR) is 138 cm³/mol. The summed E-state index contributed by atoms with van der Waals surface area (Å²) in [7, 11) is 0. The number of rotatable bonds is 12. The highest BCUT2D eigenvalue weighted by molar-refractivity contribution is 9.10. The van der Waals surface area contributed by atoms with E-state index in [1.54, 1.807) is 38.1 Å². The van der Waals surface area contributed by atoms with Crippen molar-refractivity contribution in [2.45, 2.75) is 57.7 Å². The molecule has 0 saturated carbocycles. The van der Waals surface area contributed by atoms with E-state index in [2.05, 4.69) is 31.6 Å². The van der Waals surface area contributed by atoms with Gasteiger partial charge in [0.25, 0.3) is 5.91 Å². The van der Waals surface area contributed by atoms with Crippen LogP contribution in [0.3, 0.4) is 0 Å². The largest absolute Gasteiger partial charge is 0.370 e. The van der Waals surface area contributed by atoms with Crippen LogP contribution in [0.1, 0.15) is 49.9 Å². The van der Waals surface area contributed by atoms with Crippen LogP contribution in [0.5, 0.6) is 0 Å². The summed E-state index contributed by atoms with van der Waals surface area (Å²) in [5.74, 6) is -2.43. The molecule has 1 aromatic carbocycles. The molecular formula is C24H34BrFN6O4. The fraction of sp³-hybridized carbons (Fsp3) is 0.542. The highest BCUT2D eigenvalue weighted by Crippen LogP contribution is 2.22. The standard InChI is InChI=1S/C24H34BrFN6O4/c1-14(2)20(31-21(34)15-7-3-4-8-16(15)25)23(36)32-12-6-10-18(32)22(35)30-17(19(33)13-26)9-5-11-29-24(27)28/h3-4,7-8,14,17-18,20H,5-6,9-13H2,1-2H3,(H,30,35)(H,31,34)(H4,27,28,29)/t17-,18-,20-/m0/s1. The third-order valence-electron chi connectivity index (χ3n) is 5.96. The van der Waals surface area contributed by atoms with E-state index in [4.69, 9.17) is 11.5 Å². The average Bonchev–Trinajstić information content (AvgIpc) is 3.33. The lowest BCUT2D eigenvalue weighted by Gasteiger charge is -2.31. The average molecular weight is 569 g/mol. The molecule has 3 atom stereocenters. The predicted octanol–water partition coefficient (Wildman–Crippen LogP) is 1.27. The molecule has 12 heteroatoms. The number of carbonyl (C=O) groups is 4. The molecule has 3 amide bonds. The molecule has 1 aliphatic heterocycles. The maximum Gasteiger partial charge on any atom is 0.253 e. The van der Waals surface area contributed by atoms with Crippen molar-refractivity contribution >= 4 is 45.4 Å². The summed E-state index contributed by atoms with van der Waals surface area (Å²) in [4.78, 5) is 56.7. The van der Waals surface area contributed by atoms with Gasteiger partial charge in [-0.25, -0.2) is 4.39 Å². The Morgan fingerprint density at radius 2 is 1.89 bits per heavy atom. The topological polar surface area (TPSA) is 160 Å². The van der Waals surface area contributed by atoms with Crippen LogP contribution in [-0.2, 0) is 14.4 Å². The van der Waals surface area contributed by atoms with Gasteiger partial charge in [0.15, 0.2) is 11.7 Å². The zero-order valence-corrected chi connectivity index (χ0v) is 22.1. The molecule has 0 unspecified atom stereocenters. The van der Waals surface area contributed by atoms with Gasteiger partial charge >= 0.3 is 0 Å². The fourth-order valence-corrected chi connectivity index (χ4v) is 4.50. The summed E-state index contributed by atoms with van der Waals surface area (Å²) in [6.07, 6.45) is 1.49. The minimum Gasteiger partial charge on any atom is -0.370 e. The lowest BCUT2D eigenvalue weighted by molar-refractivity contribution is -0.141. The molecule has 36 heavy (non-hydrogen) atoms. The van der Waals surface area contributed by atoms with Gasteiger partial charge in [-0.05, 0) is 59.7 Å².